The molecular formula is C22H27N7O3. The third kappa shape index (κ3) is 3.98. The first-order chi connectivity index (χ1) is 15.6. The van der Waals surface area contributed by atoms with Crippen LogP contribution in [-0.4, -0.2) is 85.8 Å². The number of carbonyl (C=O) groups is 1. The molecular weight excluding hydrogens is 410 g/mol. The minimum atomic E-state index is -0.735. The third-order valence-electron chi connectivity index (χ3n) is 6.27. The van der Waals surface area contributed by atoms with Gasteiger partial charge in [-0.1, -0.05) is 0 Å². The number of aliphatic hydroxyl groups is 1. The second kappa shape index (κ2) is 8.71. The summed E-state index contributed by atoms with van der Waals surface area (Å²) >= 11 is 0. The van der Waals surface area contributed by atoms with Crippen LogP contribution in [0.2, 0.25) is 0 Å². The molecule has 2 atom stereocenters. The highest BCUT2D eigenvalue weighted by atomic mass is 16.5. The molecule has 0 bridgehead atoms. The van der Waals surface area contributed by atoms with E-state index in [1.54, 1.807) is 27.9 Å². The van der Waals surface area contributed by atoms with Crippen molar-refractivity contribution in [2.24, 2.45) is 0 Å². The SMILES string of the molecule is Nc1ncnc2c1ncn2[C@H]1CN(C(=O)c2ccc(OCCN3CCCC3)cc2)C[C@@H]1O. The van der Waals surface area contributed by atoms with Crippen LogP contribution < -0.4 is 10.5 Å². The second-order valence-corrected chi connectivity index (χ2v) is 8.35. The lowest BCUT2D eigenvalue weighted by atomic mass is 10.2. The zero-order chi connectivity index (χ0) is 22.1. The van der Waals surface area contributed by atoms with Crippen LogP contribution in [0.5, 0.6) is 5.75 Å². The largest absolute Gasteiger partial charge is 0.492 e. The molecule has 0 aliphatic carbocycles. The Morgan fingerprint density at radius 3 is 2.69 bits per heavy atom. The van der Waals surface area contributed by atoms with Gasteiger partial charge in [-0.2, -0.15) is 0 Å². The van der Waals surface area contributed by atoms with E-state index in [2.05, 4.69) is 19.9 Å². The average Bonchev–Trinajstić information content (AvgIpc) is 3.54. The normalized spacial score (nSPS) is 21.5. The fraction of sp³-hybridized carbons (Fsp3) is 0.455. The third-order valence-corrected chi connectivity index (χ3v) is 6.27. The first kappa shape index (κ1) is 20.7. The monoisotopic (exact) mass is 437 g/mol. The molecule has 1 aromatic carbocycles. The number of hydrogen-bond donors (Lipinski definition) is 2. The van der Waals surface area contributed by atoms with Gasteiger partial charge in [0.2, 0.25) is 0 Å². The molecule has 32 heavy (non-hydrogen) atoms. The Kier molecular flexibility index (Phi) is 5.62. The standard InChI is InChI=1S/C22H27N7O3/c23-20-19-21(25-13-24-20)29(14-26-19)17-11-28(12-18(17)30)22(31)15-3-5-16(6-4-15)32-10-9-27-7-1-2-8-27/h3-6,13-14,17-18,30H,1-2,7-12H2,(H2,23,24,25)/t17-,18-/m0/s1. The molecule has 1 amide bonds. The quantitative estimate of drug-likeness (QED) is 0.584. The van der Waals surface area contributed by atoms with Crippen LogP contribution in [0, 0.1) is 0 Å². The van der Waals surface area contributed by atoms with Crippen LogP contribution in [0.25, 0.3) is 11.2 Å². The van der Waals surface area contributed by atoms with Gasteiger partial charge in [0, 0.05) is 25.2 Å². The number of ether oxygens (including phenoxy) is 1. The Labute approximate surface area is 185 Å². The molecule has 0 saturated carbocycles. The number of nitrogen functional groups attached to an aromatic ring is 1. The van der Waals surface area contributed by atoms with E-state index in [-0.39, 0.29) is 24.3 Å². The van der Waals surface area contributed by atoms with Gasteiger partial charge in [-0.05, 0) is 50.2 Å². The summed E-state index contributed by atoms with van der Waals surface area (Å²) in [6.45, 7) is 4.44. The second-order valence-electron chi connectivity index (χ2n) is 8.35. The molecule has 0 unspecified atom stereocenters. The number of anilines is 1. The minimum Gasteiger partial charge on any atom is -0.492 e. The fourth-order valence-electron chi connectivity index (χ4n) is 4.50. The number of aliphatic hydroxyl groups excluding tert-OH is 1. The number of aromatic nitrogens is 4. The van der Waals surface area contributed by atoms with E-state index in [1.807, 2.05) is 12.1 Å². The number of nitrogens with two attached hydrogens (primary N) is 1. The summed E-state index contributed by atoms with van der Waals surface area (Å²) in [5.74, 6) is 0.910. The fourth-order valence-corrected chi connectivity index (χ4v) is 4.50. The lowest BCUT2D eigenvalue weighted by Gasteiger charge is -2.17. The molecule has 0 spiro atoms. The number of amides is 1. The van der Waals surface area contributed by atoms with Crippen molar-refractivity contribution in [2.45, 2.75) is 25.0 Å². The molecule has 0 radical (unpaired) electrons. The maximum Gasteiger partial charge on any atom is 0.254 e. The van der Waals surface area contributed by atoms with Crippen molar-refractivity contribution in [2.75, 3.05) is 45.1 Å². The van der Waals surface area contributed by atoms with Crippen molar-refractivity contribution >= 4 is 22.9 Å². The maximum absolute atomic E-state index is 13.0. The van der Waals surface area contributed by atoms with Crippen molar-refractivity contribution in [3.63, 3.8) is 0 Å². The number of hydrogen-bond acceptors (Lipinski definition) is 8. The van der Waals surface area contributed by atoms with Gasteiger partial charge in [0.05, 0.1) is 18.5 Å². The summed E-state index contributed by atoms with van der Waals surface area (Å²) in [7, 11) is 0. The number of benzene rings is 1. The van der Waals surface area contributed by atoms with Gasteiger partial charge in [0.15, 0.2) is 11.5 Å². The first-order valence-electron chi connectivity index (χ1n) is 11.0. The number of carbonyl (C=O) groups excluding carboxylic acids is 1. The van der Waals surface area contributed by atoms with E-state index in [4.69, 9.17) is 10.5 Å². The molecule has 2 aliphatic rings. The number of β-amino-alcohol motifs (C(OH)–C–C–N with tert-alkyl or cyclic N) is 1. The highest BCUT2D eigenvalue weighted by Gasteiger charge is 2.36. The van der Waals surface area contributed by atoms with E-state index in [0.717, 1.165) is 25.4 Å². The molecule has 168 valence electrons. The molecule has 2 aromatic heterocycles. The van der Waals surface area contributed by atoms with E-state index in [0.29, 0.717) is 29.9 Å². The van der Waals surface area contributed by atoms with Crippen LogP contribution >= 0.6 is 0 Å². The van der Waals surface area contributed by atoms with Crippen molar-refractivity contribution in [1.82, 2.24) is 29.3 Å². The first-order valence-corrected chi connectivity index (χ1v) is 11.0. The van der Waals surface area contributed by atoms with Crippen LogP contribution in [0.3, 0.4) is 0 Å². The van der Waals surface area contributed by atoms with Crippen molar-refractivity contribution in [3.8, 4) is 5.75 Å². The molecule has 2 saturated heterocycles. The molecule has 3 aromatic rings. The minimum absolute atomic E-state index is 0.131. The van der Waals surface area contributed by atoms with Crippen molar-refractivity contribution < 1.29 is 14.6 Å². The highest BCUT2D eigenvalue weighted by molar-refractivity contribution is 5.94. The highest BCUT2D eigenvalue weighted by Crippen LogP contribution is 2.28. The lowest BCUT2D eigenvalue weighted by Crippen LogP contribution is -2.29. The van der Waals surface area contributed by atoms with Crippen LogP contribution in [-0.2, 0) is 0 Å². The van der Waals surface area contributed by atoms with Crippen molar-refractivity contribution in [3.05, 3.63) is 42.5 Å². The van der Waals surface area contributed by atoms with Crippen LogP contribution in [0.1, 0.15) is 29.2 Å². The topological polar surface area (TPSA) is 123 Å². The van der Waals surface area contributed by atoms with Gasteiger partial charge in [-0.15, -0.1) is 0 Å². The van der Waals surface area contributed by atoms with E-state index < -0.39 is 6.10 Å². The lowest BCUT2D eigenvalue weighted by molar-refractivity contribution is 0.0764. The van der Waals surface area contributed by atoms with Gasteiger partial charge < -0.3 is 25.0 Å². The smallest absolute Gasteiger partial charge is 0.254 e. The summed E-state index contributed by atoms with van der Waals surface area (Å²) in [6, 6.07) is 6.84. The molecule has 2 fully saturated rings. The van der Waals surface area contributed by atoms with Gasteiger partial charge in [-0.3, -0.25) is 9.69 Å². The van der Waals surface area contributed by atoms with E-state index in [1.165, 1.54) is 19.2 Å². The number of rotatable bonds is 6. The maximum atomic E-state index is 13.0. The zero-order valence-corrected chi connectivity index (χ0v) is 17.8. The summed E-state index contributed by atoms with van der Waals surface area (Å²) < 4.78 is 7.59. The number of likely N-dealkylation sites (tertiary alicyclic amines) is 2. The average molecular weight is 438 g/mol. The van der Waals surface area contributed by atoms with Crippen LogP contribution in [0.4, 0.5) is 5.82 Å². The summed E-state index contributed by atoms with van der Waals surface area (Å²) in [5.41, 5.74) is 7.46. The zero-order valence-electron chi connectivity index (χ0n) is 17.8. The predicted octanol–water partition coefficient (Wildman–Crippen LogP) is 0.941. The molecule has 4 heterocycles. The van der Waals surface area contributed by atoms with Gasteiger partial charge in [-0.25, -0.2) is 15.0 Å². The predicted molar refractivity (Wildman–Crippen MR) is 118 cm³/mol. The van der Waals surface area contributed by atoms with E-state index >= 15 is 0 Å². The van der Waals surface area contributed by atoms with E-state index in [9.17, 15) is 9.90 Å². The van der Waals surface area contributed by atoms with Gasteiger partial charge in [0.1, 0.15) is 24.2 Å². The summed E-state index contributed by atoms with van der Waals surface area (Å²) in [5, 5.41) is 10.6. The number of imidazole rings is 1. The summed E-state index contributed by atoms with van der Waals surface area (Å²) in [6.07, 6.45) is 4.75. The summed E-state index contributed by atoms with van der Waals surface area (Å²) in [4.78, 5) is 29.5. The Balaban J connectivity index is 1.22. The Morgan fingerprint density at radius 2 is 1.91 bits per heavy atom. The van der Waals surface area contributed by atoms with Gasteiger partial charge >= 0.3 is 0 Å². The Hall–Kier alpha value is -3.24. The number of nitrogens with zero attached hydrogens (tertiary/aromatic N) is 6. The number of fused-ring (bicyclic) bond motifs is 1. The molecule has 3 N–H and O–H groups in total. The molecule has 10 nitrogen and oxygen atoms in total. The Morgan fingerprint density at radius 1 is 1.12 bits per heavy atom. The molecule has 5 rings (SSSR count). The van der Waals surface area contributed by atoms with Crippen molar-refractivity contribution in [1.29, 1.82) is 0 Å². The molecule has 2 aliphatic heterocycles. The van der Waals surface area contributed by atoms with Crippen LogP contribution in [0.15, 0.2) is 36.9 Å². The Bertz CT molecular complexity index is 1090. The van der Waals surface area contributed by atoms with Gasteiger partial charge in [0.25, 0.3) is 5.91 Å². The molecule has 10 heteroatoms.